The van der Waals surface area contributed by atoms with E-state index in [0.29, 0.717) is 10.6 Å². The van der Waals surface area contributed by atoms with Gasteiger partial charge in [-0.2, -0.15) is 0 Å². The molecule has 0 spiro atoms. The van der Waals surface area contributed by atoms with E-state index in [-0.39, 0.29) is 12.1 Å². The summed E-state index contributed by atoms with van der Waals surface area (Å²) in [6.07, 6.45) is -0.160. The lowest BCUT2D eigenvalue weighted by atomic mass is 10.1. The number of carbonyl (C=O) groups is 1. The molecule has 0 saturated carbocycles. The number of esters is 1. The van der Waals surface area contributed by atoms with Crippen LogP contribution in [-0.2, 0) is 4.74 Å². The molecule has 2 aromatic heterocycles. The van der Waals surface area contributed by atoms with E-state index in [2.05, 4.69) is 18.2 Å². The molecule has 2 heterocycles. The van der Waals surface area contributed by atoms with E-state index in [4.69, 9.17) is 10.5 Å². The Morgan fingerprint density at radius 1 is 1.29 bits per heavy atom. The molecule has 0 fully saturated rings. The molecule has 3 aromatic rings. The lowest BCUT2D eigenvalue weighted by molar-refractivity contribution is 0.0380. The second kappa shape index (κ2) is 5.50. The number of rotatable bonds is 3. The molecule has 3 nitrogen and oxygen atoms in total. The van der Waals surface area contributed by atoms with E-state index in [1.54, 1.807) is 11.3 Å². The third kappa shape index (κ3) is 2.66. The van der Waals surface area contributed by atoms with Gasteiger partial charge in [-0.3, -0.25) is 0 Å². The highest BCUT2D eigenvalue weighted by Crippen LogP contribution is 2.40. The van der Waals surface area contributed by atoms with Gasteiger partial charge in [0.15, 0.2) is 0 Å². The molecule has 0 aliphatic carbocycles. The Bertz CT molecular complexity index is 769. The van der Waals surface area contributed by atoms with Crippen LogP contribution in [0.4, 0.5) is 5.00 Å². The van der Waals surface area contributed by atoms with Crippen LogP contribution < -0.4 is 5.73 Å². The lowest BCUT2D eigenvalue weighted by Crippen LogP contribution is -2.12. The molecule has 2 N–H and O–H groups in total. The second-order valence-electron chi connectivity index (χ2n) is 4.99. The number of nitrogen functional groups attached to an aromatic ring is 1. The predicted octanol–water partition coefficient (Wildman–Crippen LogP) is 4.78. The molecule has 0 aliphatic heterocycles. The first-order valence-corrected chi connectivity index (χ1v) is 8.32. The van der Waals surface area contributed by atoms with Crippen LogP contribution in [0.3, 0.4) is 0 Å². The first-order chi connectivity index (χ1) is 10.1. The SMILES string of the molecule is CC(C)OC(=O)c1c(-c2cc3ccccc3s2)csc1N. The van der Waals surface area contributed by atoms with Crippen LogP contribution in [0.2, 0.25) is 0 Å². The maximum atomic E-state index is 12.3. The minimum Gasteiger partial charge on any atom is -0.459 e. The van der Waals surface area contributed by atoms with Crippen LogP contribution in [0.25, 0.3) is 20.5 Å². The number of carbonyl (C=O) groups excluding carboxylic acids is 1. The van der Waals surface area contributed by atoms with Crippen molar-refractivity contribution in [2.45, 2.75) is 20.0 Å². The van der Waals surface area contributed by atoms with E-state index in [1.807, 2.05) is 31.4 Å². The summed E-state index contributed by atoms with van der Waals surface area (Å²) in [5.41, 5.74) is 7.32. The molecular weight excluding hydrogens is 302 g/mol. The van der Waals surface area contributed by atoms with Crippen LogP contribution in [0.1, 0.15) is 24.2 Å². The molecule has 0 saturated heterocycles. The van der Waals surface area contributed by atoms with Gasteiger partial charge in [0.1, 0.15) is 10.6 Å². The number of thiophene rings is 2. The third-order valence-electron chi connectivity index (χ3n) is 3.06. The lowest BCUT2D eigenvalue weighted by Gasteiger charge is -2.08. The molecule has 108 valence electrons. The standard InChI is InChI=1S/C16H15NO2S2/c1-9(2)19-16(18)14-11(8-20-15(14)17)13-7-10-5-3-4-6-12(10)21-13/h3-9H,17H2,1-2H3. The summed E-state index contributed by atoms with van der Waals surface area (Å²) in [5, 5.41) is 3.61. The Morgan fingerprint density at radius 2 is 2.05 bits per heavy atom. The fraction of sp³-hybridized carbons (Fsp3) is 0.188. The van der Waals surface area contributed by atoms with Gasteiger partial charge in [0.05, 0.1) is 6.10 Å². The Kier molecular flexibility index (Phi) is 3.69. The van der Waals surface area contributed by atoms with Gasteiger partial charge < -0.3 is 10.5 Å². The van der Waals surface area contributed by atoms with Gasteiger partial charge in [0, 0.05) is 20.5 Å². The first-order valence-electron chi connectivity index (χ1n) is 6.63. The molecule has 0 atom stereocenters. The molecular formula is C16H15NO2S2. The Labute approximate surface area is 131 Å². The number of nitrogens with two attached hydrogens (primary N) is 1. The highest BCUT2D eigenvalue weighted by atomic mass is 32.1. The van der Waals surface area contributed by atoms with Gasteiger partial charge in [-0.05, 0) is 31.4 Å². The number of hydrogen-bond donors (Lipinski definition) is 1. The highest BCUT2D eigenvalue weighted by molar-refractivity contribution is 7.22. The van der Waals surface area contributed by atoms with E-state index < -0.39 is 0 Å². The Balaban J connectivity index is 2.08. The molecule has 0 amide bonds. The van der Waals surface area contributed by atoms with Crippen molar-refractivity contribution in [3.63, 3.8) is 0 Å². The summed E-state index contributed by atoms with van der Waals surface area (Å²) in [5.74, 6) is -0.351. The largest absolute Gasteiger partial charge is 0.459 e. The van der Waals surface area contributed by atoms with Gasteiger partial charge in [-0.15, -0.1) is 22.7 Å². The molecule has 0 radical (unpaired) electrons. The average Bonchev–Trinajstić information content (AvgIpc) is 3.00. The average molecular weight is 317 g/mol. The fourth-order valence-electron chi connectivity index (χ4n) is 2.15. The van der Waals surface area contributed by atoms with Crippen LogP contribution in [-0.4, -0.2) is 12.1 Å². The second-order valence-corrected chi connectivity index (χ2v) is 6.99. The van der Waals surface area contributed by atoms with E-state index in [0.717, 1.165) is 10.4 Å². The predicted molar refractivity (Wildman–Crippen MR) is 90.1 cm³/mol. The van der Waals surface area contributed by atoms with Crippen LogP contribution in [0.15, 0.2) is 35.7 Å². The summed E-state index contributed by atoms with van der Waals surface area (Å²) < 4.78 is 6.50. The van der Waals surface area contributed by atoms with Gasteiger partial charge in [-0.1, -0.05) is 18.2 Å². The molecule has 5 heteroatoms. The summed E-state index contributed by atoms with van der Waals surface area (Å²) >= 11 is 3.03. The quantitative estimate of drug-likeness (QED) is 0.707. The minimum atomic E-state index is -0.351. The van der Waals surface area contributed by atoms with Gasteiger partial charge >= 0.3 is 5.97 Å². The molecule has 21 heavy (non-hydrogen) atoms. The summed E-state index contributed by atoms with van der Waals surface area (Å²) in [4.78, 5) is 13.3. The summed E-state index contributed by atoms with van der Waals surface area (Å²) in [6, 6.07) is 10.3. The number of ether oxygens (including phenoxy) is 1. The van der Waals surface area contributed by atoms with E-state index >= 15 is 0 Å². The zero-order chi connectivity index (χ0) is 15.0. The molecule has 1 aromatic carbocycles. The number of anilines is 1. The highest BCUT2D eigenvalue weighted by Gasteiger charge is 2.22. The van der Waals surface area contributed by atoms with Crippen molar-refractivity contribution in [2.24, 2.45) is 0 Å². The Hall–Kier alpha value is -1.85. The maximum absolute atomic E-state index is 12.3. The van der Waals surface area contributed by atoms with Crippen molar-refractivity contribution < 1.29 is 9.53 Å². The Morgan fingerprint density at radius 3 is 2.76 bits per heavy atom. The molecule has 0 bridgehead atoms. The van der Waals surface area contributed by atoms with Crippen molar-refractivity contribution >= 4 is 43.7 Å². The topological polar surface area (TPSA) is 52.3 Å². The maximum Gasteiger partial charge on any atom is 0.342 e. The zero-order valence-corrected chi connectivity index (χ0v) is 13.4. The molecule has 0 unspecified atom stereocenters. The number of fused-ring (bicyclic) bond motifs is 1. The molecule has 0 aliphatic rings. The van der Waals surface area contributed by atoms with Crippen molar-refractivity contribution in [3.05, 3.63) is 41.3 Å². The van der Waals surface area contributed by atoms with Crippen LogP contribution in [0.5, 0.6) is 0 Å². The third-order valence-corrected chi connectivity index (χ3v) is 5.02. The number of hydrogen-bond acceptors (Lipinski definition) is 5. The zero-order valence-electron chi connectivity index (χ0n) is 11.8. The minimum absolute atomic E-state index is 0.160. The molecule has 3 rings (SSSR count). The smallest absolute Gasteiger partial charge is 0.342 e. The monoisotopic (exact) mass is 317 g/mol. The van der Waals surface area contributed by atoms with Gasteiger partial charge in [0.25, 0.3) is 0 Å². The summed E-state index contributed by atoms with van der Waals surface area (Å²) in [6.45, 7) is 3.67. The van der Waals surface area contributed by atoms with Crippen LogP contribution in [0, 0.1) is 0 Å². The normalized spacial score (nSPS) is 11.2. The number of benzene rings is 1. The van der Waals surface area contributed by atoms with Crippen molar-refractivity contribution in [2.75, 3.05) is 5.73 Å². The van der Waals surface area contributed by atoms with Crippen molar-refractivity contribution in [1.29, 1.82) is 0 Å². The van der Waals surface area contributed by atoms with Crippen molar-refractivity contribution in [3.8, 4) is 10.4 Å². The van der Waals surface area contributed by atoms with Gasteiger partial charge in [0.2, 0.25) is 0 Å². The van der Waals surface area contributed by atoms with Crippen LogP contribution >= 0.6 is 22.7 Å². The van der Waals surface area contributed by atoms with E-state index in [1.165, 1.54) is 21.4 Å². The fourth-order valence-corrected chi connectivity index (χ4v) is 4.11. The van der Waals surface area contributed by atoms with E-state index in [9.17, 15) is 4.79 Å². The first kappa shape index (κ1) is 14.1. The van der Waals surface area contributed by atoms with Gasteiger partial charge in [-0.25, -0.2) is 4.79 Å². The summed E-state index contributed by atoms with van der Waals surface area (Å²) in [7, 11) is 0. The van der Waals surface area contributed by atoms with Crippen molar-refractivity contribution in [1.82, 2.24) is 0 Å².